The Morgan fingerprint density at radius 3 is 2.88 bits per heavy atom. The second-order valence-electron chi connectivity index (χ2n) is 4.97. The molecule has 2 aliphatic rings. The van der Waals surface area contributed by atoms with Crippen molar-refractivity contribution < 1.29 is 9.90 Å². The number of aliphatic hydroxyl groups is 1. The molecule has 0 bridgehead atoms. The van der Waals surface area contributed by atoms with Crippen molar-refractivity contribution in [3.63, 3.8) is 0 Å². The number of nitrogens with one attached hydrogen (secondary N) is 1. The number of piperidine rings is 1. The van der Waals surface area contributed by atoms with Gasteiger partial charge in [0.1, 0.15) is 0 Å². The van der Waals surface area contributed by atoms with E-state index in [0.29, 0.717) is 19.0 Å². The number of hydrogen-bond donors (Lipinski definition) is 2. The molecule has 2 N–H and O–H groups in total. The third kappa shape index (κ3) is 3.19. The zero-order chi connectivity index (χ0) is 11.4. The fourth-order valence-electron chi connectivity index (χ4n) is 2.59. The number of carbonyl (C=O) groups is 1. The van der Waals surface area contributed by atoms with Crippen molar-refractivity contribution in [1.29, 1.82) is 0 Å². The standard InChI is InChI=1S/C12H22N2O2/c15-11-6-8-14(9-11)12(16)5-4-10-3-1-2-7-13-10/h10-11,13,15H,1-9H2. The maximum absolute atomic E-state index is 11.8. The summed E-state index contributed by atoms with van der Waals surface area (Å²) < 4.78 is 0. The SMILES string of the molecule is O=C(CCC1CCCCN1)N1CCC(O)C1. The van der Waals surface area contributed by atoms with E-state index in [0.717, 1.165) is 25.9 Å². The van der Waals surface area contributed by atoms with Crippen LogP contribution in [0.15, 0.2) is 0 Å². The first-order valence-corrected chi connectivity index (χ1v) is 6.45. The van der Waals surface area contributed by atoms with Crippen molar-refractivity contribution in [3.05, 3.63) is 0 Å². The van der Waals surface area contributed by atoms with Crippen molar-refractivity contribution in [1.82, 2.24) is 10.2 Å². The van der Waals surface area contributed by atoms with Crippen LogP contribution in [-0.2, 0) is 4.79 Å². The third-order valence-corrected chi connectivity index (χ3v) is 3.64. The van der Waals surface area contributed by atoms with E-state index in [-0.39, 0.29) is 12.0 Å². The van der Waals surface area contributed by atoms with Gasteiger partial charge in [-0.1, -0.05) is 6.42 Å². The molecule has 16 heavy (non-hydrogen) atoms. The Morgan fingerprint density at radius 2 is 2.25 bits per heavy atom. The lowest BCUT2D eigenvalue weighted by molar-refractivity contribution is -0.130. The normalized spacial score (nSPS) is 30.7. The molecule has 92 valence electrons. The van der Waals surface area contributed by atoms with Gasteiger partial charge in [-0.2, -0.15) is 0 Å². The van der Waals surface area contributed by atoms with E-state index in [4.69, 9.17) is 0 Å². The minimum Gasteiger partial charge on any atom is -0.391 e. The van der Waals surface area contributed by atoms with E-state index in [1.807, 2.05) is 0 Å². The second-order valence-corrected chi connectivity index (χ2v) is 4.97. The molecule has 0 radical (unpaired) electrons. The van der Waals surface area contributed by atoms with Gasteiger partial charge in [0.05, 0.1) is 6.10 Å². The molecule has 2 fully saturated rings. The van der Waals surface area contributed by atoms with Crippen molar-refractivity contribution in [2.24, 2.45) is 0 Å². The molecule has 2 aliphatic heterocycles. The van der Waals surface area contributed by atoms with Crippen LogP contribution in [0.5, 0.6) is 0 Å². The second kappa shape index (κ2) is 5.64. The minimum atomic E-state index is -0.295. The Hall–Kier alpha value is -0.610. The largest absolute Gasteiger partial charge is 0.391 e. The van der Waals surface area contributed by atoms with Crippen molar-refractivity contribution in [2.75, 3.05) is 19.6 Å². The number of hydrogen-bond acceptors (Lipinski definition) is 3. The van der Waals surface area contributed by atoms with E-state index >= 15 is 0 Å². The van der Waals surface area contributed by atoms with Gasteiger partial charge in [0.2, 0.25) is 5.91 Å². The quantitative estimate of drug-likeness (QED) is 0.737. The van der Waals surface area contributed by atoms with E-state index in [1.54, 1.807) is 4.90 Å². The van der Waals surface area contributed by atoms with E-state index in [9.17, 15) is 9.90 Å². The number of carbonyl (C=O) groups excluding carboxylic acids is 1. The Bertz CT molecular complexity index is 239. The van der Waals surface area contributed by atoms with Gasteiger partial charge in [-0.05, 0) is 32.2 Å². The van der Waals surface area contributed by atoms with Crippen LogP contribution >= 0.6 is 0 Å². The number of nitrogens with zero attached hydrogens (tertiary/aromatic N) is 1. The van der Waals surface area contributed by atoms with Crippen LogP contribution in [-0.4, -0.2) is 47.7 Å². The molecule has 2 heterocycles. The van der Waals surface area contributed by atoms with Gasteiger partial charge in [0.25, 0.3) is 0 Å². The predicted octanol–water partition coefficient (Wildman–Crippen LogP) is 0.502. The number of amides is 1. The molecule has 0 spiro atoms. The molecule has 2 atom stereocenters. The summed E-state index contributed by atoms with van der Waals surface area (Å²) in [4.78, 5) is 13.6. The van der Waals surface area contributed by atoms with E-state index in [1.165, 1.54) is 19.3 Å². The lowest BCUT2D eigenvalue weighted by Gasteiger charge is -2.24. The molecule has 4 heteroatoms. The predicted molar refractivity (Wildman–Crippen MR) is 62.1 cm³/mol. The summed E-state index contributed by atoms with van der Waals surface area (Å²) in [6, 6.07) is 0.533. The van der Waals surface area contributed by atoms with E-state index in [2.05, 4.69) is 5.32 Å². The Morgan fingerprint density at radius 1 is 1.38 bits per heavy atom. The van der Waals surface area contributed by atoms with Gasteiger partial charge < -0.3 is 15.3 Å². The third-order valence-electron chi connectivity index (χ3n) is 3.64. The van der Waals surface area contributed by atoms with Gasteiger partial charge in [-0.15, -0.1) is 0 Å². The summed E-state index contributed by atoms with van der Waals surface area (Å²) in [6.45, 7) is 2.37. The van der Waals surface area contributed by atoms with Crippen LogP contribution in [0.25, 0.3) is 0 Å². The van der Waals surface area contributed by atoms with Gasteiger partial charge in [0.15, 0.2) is 0 Å². The summed E-state index contributed by atoms with van der Waals surface area (Å²) >= 11 is 0. The van der Waals surface area contributed by atoms with Crippen LogP contribution < -0.4 is 5.32 Å². The average molecular weight is 226 g/mol. The summed E-state index contributed by atoms with van der Waals surface area (Å²) in [6.07, 6.45) is 5.78. The average Bonchev–Trinajstić information content (AvgIpc) is 2.74. The molecule has 2 saturated heterocycles. The molecule has 1 amide bonds. The van der Waals surface area contributed by atoms with Crippen LogP contribution in [0.3, 0.4) is 0 Å². The number of rotatable bonds is 3. The molecule has 0 saturated carbocycles. The molecular weight excluding hydrogens is 204 g/mol. The maximum Gasteiger partial charge on any atom is 0.222 e. The Balaban J connectivity index is 1.67. The van der Waals surface area contributed by atoms with Gasteiger partial charge in [-0.25, -0.2) is 0 Å². The van der Waals surface area contributed by atoms with Crippen molar-refractivity contribution in [3.8, 4) is 0 Å². The van der Waals surface area contributed by atoms with Crippen molar-refractivity contribution >= 4 is 5.91 Å². The zero-order valence-electron chi connectivity index (χ0n) is 9.82. The number of likely N-dealkylation sites (tertiary alicyclic amines) is 1. The molecule has 0 aromatic rings. The molecule has 0 aromatic heterocycles. The van der Waals surface area contributed by atoms with Gasteiger partial charge in [0, 0.05) is 25.6 Å². The first kappa shape index (κ1) is 11.9. The molecule has 4 nitrogen and oxygen atoms in total. The highest BCUT2D eigenvalue weighted by atomic mass is 16.3. The highest BCUT2D eigenvalue weighted by Crippen LogP contribution is 2.15. The smallest absolute Gasteiger partial charge is 0.222 e. The molecule has 0 aromatic carbocycles. The molecule has 2 rings (SSSR count). The van der Waals surface area contributed by atoms with Crippen molar-refractivity contribution in [2.45, 2.75) is 50.7 Å². The zero-order valence-corrected chi connectivity index (χ0v) is 9.82. The first-order valence-electron chi connectivity index (χ1n) is 6.45. The summed E-state index contributed by atoms with van der Waals surface area (Å²) in [5.74, 6) is 0.212. The van der Waals surface area contributed by atoms with Gasteiger partial charge in [-0.3, -0.25) is 4.79 Å². The lowest BCUT2D eigenvalue weighted by Crippen LogP contribution is -2.36. The van der Waals surface area contributed by atoms with Crippen LogP contribution in [0.4, 0.5) is 0 Å². The van der Waals surface area contributed by atoms with Crippen LogP contribution in [0, 0.1) is 0 Å². The fourth-order valence-corrected chi connectivity index (χ4v) is 2.59. The summed E-state index contributed by atoms with van der Waals surface area (Å²) in [5.41, 5.74) is 0. The molecular formula is C12H22N2O2. The summed E-state index contributed by atoms with van der Waals surface area (Å²) in [5, 5.41) is 12.8. The van der Waals surface area contributed by atoms with Crippen LogP contribution in [0.1, 0.15) is 38.5 Å². The number of β-amino-alcohol motifs (C(OH)–C–C–N with tert-alkyl or cyclic N) is 1. The molecule has 2 unspecified atom stereocenters. The van der Waals surface area contributed by atoms with Crippen LogP contribution in [0.2, 0.25) is 0 Å². The summed E-state index contributed by atoms with van der Waals surface area (Å²) in [7, 11) is 0. The van der Waals surface area contributed by atoms with E-state index < -0.39 is 0 Å². The lowest BCUT2D eigenvalue weighted by atomic mass is 10.0. The molecule has 0 aliphatic carbocycles. The highest BCUT2D eigenvalue weighted by Gasteiger charge is 2.24. The Labute approximate surface area is 97.0 Å². The Kier molecular flexibility index (Phi) is 4.18. The first-order chi connectivity index (χ1) is 7.75. The topological polar surface area (TPSA) is 52.6 Å². The maximum atomic E-state index is 11.8. The minimum absolute atomic E-state index is 0.212. The monoisotopic (exact) mass is 226 g/mol. The fraction of sp³-hybridized carbons (Fsp3) is 0.917. The van der Waals surface area contributed by atoms with Gasteiger partial charge >= 0.3 is 0 Å². The number of aliphatic hydroxyl groups excluding tert-OH is 1. The highest BCUT2D eigenvalue weighted by molar-refractivity contribution is 5.76.